The lowest BCUT2D eigenvalue weighted by Gasteiger charge is -2.16. The first kappa shape index (κ1) is 19.0. The molecule has 0 bridgehead atoms. The van der Waals surface area contributed by atoms with E-state index in [0.29, 0.717) is 5.75 Å². The molecular formula is C21H17ClN2O5. The summed E-state index contributed by atoms with van der Waals surface area (Å²) >= 11 is 6.07. The molecule has 7 nitrogen and oxygen atoms in total. The first-order valence-corrected chi connectivity index (χ1v) is 9.44. The number of nitrogens with zero attached hydrogens (tertiary/aromatic N) is 2. The van der Waals surface area contributed by atoms with Crippen LogP contribution in [0, 0.1) is 10.1 Å². The molecule has 3 aromatic rings. The van der Waals surface area contributed by atoms with Crippen LogP contribution >= 0.6 is 11.6 Å². The Kier molecular flexibility index (Phi) is 5.22. The lowest BCUT2D eigenvalue weighted by molar-refractivity contribution is -0.384. The summed E-state index contributed by atoms with van der Waals surface area (Å²) in [5.41, 5.74) is 0.106. The van der Waals surface area contributed by atoms with Crippen molar-refractivity contribution in [1.29, 1.82) is 0 Å². The normalized spacial score (nSPS) is 13.1. The molecule has 2 aromatic carbocycles. The van der Waals surface area contributed by atoms with Crippen LogP contribution in [-0.2, 0) is 6.61 Å². The maximum atomic E-state index is 12.6. The third-order valence-electron chi connectivity index (χ3n) is 4.56. The average Bonchev–Trinajstić information content (AvgIpc) is 3.55. The fourth-order valence-corrected chi connectivity index (χ4v) is 3.20. The lowest BCUT2D eigenvalue weighted by atomic mass is 10.3. The van der Waals surface area contributed by atoms with E-state index in [1.165, 1.54) is 24.3 Å². The van der Waals surface area contributed by atoms with Crippen molar-refractivity contribution in [3.8, 4) is 17.2 Å². The molecule has 0 saturated heterocycles. The molecule has 0 unspecified atom stereocenters. The molecule has 4 rings (SSSR count). The zero-order valence-electron chi connectivity index (χ0n) is 15.3. The van der Waals surface area contributed by atoms with Crippen LogP contribution in [-0.4, -0.2) is 9.49 Å². The number of nitro benzene ring substituents is 1. The molecule has 1 heterocycles. The number of halogens is 1. The minimum Gasteiger partial charge on any atom is -0.487 e. The van der Waals surface area contributed by atoms with Gasteiger partial charge in [-0.1, -0.05) is 35.9 Å². The van der Waals surface area contributed by atoms with Gasteiger partial charge in [0.05, 0.1) is 16.8 Å². The van der Waals surface area contributed by atoms with E-state index in [1.807, 2.05) is 34.9 Å². The highest BCUT2D eigenvalue weighted by Gasteiger charge is 2.26. The van der Waals surface area contributed by atoms with Crippen molar-refractivity contribution >= 4 is 17.3 Å². The molecule has 148 valence electrons. The zero-order chi connectivity index (χ0) is 20.4. The molecule has 0 amide bonds. The number of nitro groups is 1. The van der Waals surface area contributed by atoms with Crippen molar-refractivity contribution in [1.82, 2.24) is 4.57 Å². The second kappa shape index (κ2) is 7.97. The Morgan fingerprint density at radius 3 is 2.55 bits per heavy atom. The number of aromatic nitrogens is 1. The number of rotatable bonds is 7. The van der Waals surface area contributed by atoms with E-state index in [1.54, 1.807) is 6.20 Å². The number of pyridine rings is 1. The van der Waals surface area contributed by atoms with Gasteiger partial charge in [-0.3, -0.25) is 14.9 Å². The number of benzene rings is 2. The maximum Gasteiger partial charge on any atom is 0.291 e. The van der Waals surface area contributed by atoms with Gasteiger partial charge >= 0.3 is 0 Å². The summed E-state index contributed by atoms with van der Waals surface area (Å²) in [6, 6.07) is 15.3. The van der Waals surface area contributed by atoms with Crippen molar-refractivity contribution in [2.24, 2.45) is 0 Å². The Bertz CT molecular complexity index is 1110. The number of hydrogen-bond acceptors (Lipinski definition) is 5. The molecule has 1 aliphatic carbocycles. The van der Waals surface area contributed by atoms with Crippen molar-refractivity contribution in [2.45, 2.75) is 25.5 Å². The van der Waals surface area contributed by atoms with Gasteiger partial charge in [0.1, 0.15) is 12.4 Å². The molecule has 0 atom stereocenters. The highest BCUT2D eigenvalue weighted by Crippen LogP contribution is 2.38. The van der Waals surface area contributed by atoms with Crippen LogP contribution in [0.1, 0.15) is 24.6 Å². The van der Waals surface area contributed by atoms with E-state index >= 15 is 0 Å². The second-order valence-corrected chi connectivity index (χ2v) is 7.06. The molecule has 0 spiro atoms. The fraction of sp³-hybridized carbons (Fsp3) is 0.190. The summed E-state index contributed by atoms with van der Waals surface area (Å²) in [6.45, 7) is 0.244. The van der Waals surface area contributed by atoms with Crippen LogP contribution in [0.2, 0.25) is 5.02 Å². The third kappa shape index (κ3) is 4.25. The van der Waals surface area contributed by atoms with Gasteiger partial charge in [0, 0.05) is 18.2 Å². The van der Waals surface area contributed by atoms with Crippen LogP contribution in [0.4, 0.5) is 5.69 Å². The van der Waals surface area contributed by atoms with Gasteiger partial charge in [0.25, 0.3) is 5.69 Å². The Hall–Kier alpha value is -3.32. The predicted octanol–water partition coefficient (Wildman–Crippen LogP) is 5.12. The molecule has 1 fully saturated rings. The number of para-hydroxylation sites is 1. The van der Waals surface area contributed by atoms with Crippen LogP contribution in [0.15, 0.2) is 65.6 Å². The SMILES string of the molecule is O=c1cc(COc2ccccc2)n(C2CC2)cc1Oc1cccc([N+](=O)[O-])c1Cl. The van der Waals surface area contributed by atoms with Gasteiger partial charge in [0.2, 0.25) is 5.43 Å². The summed E-state index contributed by atoms with van der Waals surface area (Å²) in [6.07, 6.45) is 3.62. The average molecular weight is 413 g/mol. The van der Waals surface area contributed by atoms with Gasteiger partial charge in [-0.2, -0.15) is 0 Å². The predicted molar refractivity (Wildman–Crippen MR) is 108 cm³/mol. The molecule has 29 heavy (non-hydrogen) atoms. The van der Waals surface area contributed by atoms with Crippen molar-refractivity contribution < 1.29 is 14.4 Å². The zero-order valence-corrected chi connectivity index (χ0v) is 16.0. The van der Waals surface area contributed by atoms with Gasteiger partial charge in [-0.05, 0) is 31.0 Å². The van der Waals surface area contributed by atoms with Crippen molar-refractivity contribution in [2.75, 3.05) is 0 Å². The highest BCUT2D eigenvalue weighted by atomic mass is 35.5. The van der Waals surface area contributed by atoms with Crippen molar-refractivity contribution in [3.63, 3.8) is 0 Å². The van der Waals surface area contributed by atoms with Gasteiger partial charge in [0.15, 0.2) is 16.5 Å². The lowest BCUT2D eigenvalue weighted by Crippen LogP contribution is -2.15. The molecule has 0 aliphatic heterocycles. The smallest absolute Gasteiger partial charge is 0.291 e. The van der Waals surface area contributed by atoms with E-state index in [-0.39, 0.29) is 40.3 Å². The monoisotopic (exact) mass is 412 g/mol. The Balaban J connectivity index is 1.62. The van der Waals surface area contributed by atoms with E-state index in [2.05, 4.69) is 0 Å². The summed E-state index contributed by atoms with van der Waals surface area (Å²) in [5, 5.41) is 10.9. The topological polar surface area (TPSA) is 83.6 Å². The molecule has 0 radical (unpaired) electrons. The summed E-state index contributed by atoms with van der Waals surface area (Å²) in [7, 11) is 0. The molecule has 1 aromatic heterocycles. The van der Waals surface area contributed by atoms with E-state index in [4.69, 9.17) is 21.1 Å². The third-order valence-corrected chi connectivity index (χ3v) is 4.94. The van der Waals surface area contributed by atoms with Crippen LogP contribution < -0.4 is 14.9 Å². The molecular weight excluding hydrogens is 396 g/mol. The molecule has 1 saturated carbocycles. The minimum atomic E-state index is -0.596. The molecule has 8 heteroatoms. The minimum absolute atomic E-state index is 0.0581. The van der Waals surface area contributed by atoms with E-state index in [0.717, 1.165) is 18.5 Å². The van der Waals surface area contributed by atoms with Gasteiger partial charge < -0.3 is 14.0 Å². The first-order chi connectivity index (χ1) is 14.0. The second-order valence-electron chi connectivity index (χ2n) is 6.68. The summed E-state index contributed by atoms with van der Waals surface area (Å²) in [5.74, 6) is 0.836. The van der Waals surface area contributed by atoms with Crippen LogP contribution in [0.3, 0.4) is 0 Å². The highest BCUT2D eigenvalue weighted by molar-refractivity contribution is 6.34. The Morgan fingerprint density at radius 2 is 1.86 bits per heavy atom. The summed E-state index contributed by atoms with van der Waals surface area (Å²) < 4.78 is 13.4. The van der Waals surface area contributed by atoms with Gasteiger partial charge in [-0.25, -0.2) is 0 Å². The van der Waals surface area contributed by atoms with Crippen molar-refractivity contribution in [3.05, 3.63) is 91.8 Å². The molecule has 0 N–H and O–H groups in total. The van der Waals surface area contributed by atoms with E-state index in [9.17, 15) is 14.9 Å². The number of hydrogen-bond donors (Lipinski definition) is 0. The Morgan fingerprint density at radius 1 is 1.10 bits per heavy atom. The van der Waals surface area contributed by atoms with E-state index < -0.39 is 4.92 Å². The van der Waals surface area contributed by atoms with Crippen LogP contribution in [0.25, 0.3) is 0 Å². The number of ether oxygens (including phenoxy) is 2. The van der Waals surface area contributed by atoms with Gasteiger partial charge in [-0.15, -0.1) is 0 Å². The standard InChI is InChI=1S/C21H17ClN2O5/c22-21-17(24(26)27)7-4-8-19(21)29-20-12-23(14-9-10-14)15(11-18(20)25)13-28-16-5-2-1-3-6-16/h1-8,11-12,14H,9-10,13H2. The Labute approximate surface area is 171 Å². The molecule has 1 aliphatic rings. The fourth-order valence-electron chi connectivity index (χ4n) is 2.97. The van der Waals surface area contributed by atoms with Crippen LogP contribution in [0.5, 0.6) is 17.2 Å². The first-order valence-electron chi connectivity index (χ1n) is 9.06. The quantitative estimate of drug-likeness (QED) is 0.397. The summed E-state index contributed by atoms with van der Waals surface area (Å²) in [4.78, 5) is 23.1. The maximum absolute atomic E-state index is 12.6. The largest absolute Gasteiger partial charge is 0.487 e.